The fourth-order valence-electron chi connectivity index (χ4n) is 1.25. The molecule has 0 saturated heterocycles. The van der Waals surface area contributed by atoms with Crippen LogP contribution in [0.4, 0.5) is 4.79 Å². The molecule has 0 amide bonds. The Morgan fingerprint density at radius 1 is 1.40 bits per heavy atom. The van der Waals surface area contributed by atoms with Gasteiger partial charge in [-0.1, -0.05) is 12.6 Å². The monoisotopic (exact) mass is 237 g/mol. The Labute approximate surface area is 95.6 Å². The number of benzene rings is 1. The van der Waals surface area contributed by atoms with E-state index in [0.717, 1.165) is 10.1 Å². The summed E-state index contributed by atoms with van der Waals surface area (Å²) in [5.74, 6) is -0.178. The summed E-state index contributed by atoms with van der Waals surface area (Å²) >= 11 is 5.08. The van der Waals surface area contributed by atoms with Crippen molar-refractivity contribution in [2.45, 2.75) is 0 Å². The smallest absolute Gasteiger partial charge is 0.370 e. The highest BCUT2D eigenvalue weighted by molar-refractivity contribution is 7.96. The van der Waals surface area contributed by atoms with Gasteiger partial charge in [-0.3, -0.25) is 5.41 Å². The van der Waals surface area contributed by atoms with Crippen molar-refractivity contribution in [2.24, 2.45) is 0 Å². The van der Waals surface area contributed by atoms with Gasteiger partial charge in [-0.15, -0.1) is 11.3 Å². The first-order valence-electron chi connectivity index (χ1n) is 4.14. The van der Waals surface area contributed by atoms with E-state index in [-0.39, 0.29) is 5.90 Å². The van der Waals surface area contributed by atoms with Crippen molar-refractivity contribution >= 4 is 45.3 Å². The van der Waals surface area contributed by atoms with Crippen LogP contribution in [0.2, 0.25) is 0 Å². The van der Waals surface area contributed by atoms with Gasteiger partial charge in [0.05, 0.1) is 0 Å². The maximum atomic E-state index is 10.5. The molecule has 1 heterocycles. The minimum atomic E-state index is -0.773. The highest BCUT2D eigenvalue weighted by atomic mass is 32.1. The SMILES string of the molecule is N=C(OC(=O)S)c1ccc2sccc2c1. The summed E-state index contributed by atoms with van der Waals surface area (Å²) in [6.07, 6.45) is 0. The van der Waals surface area contributed by atoms with Crippen LogP contribution in [-0.2, 0) is 4.74 Å². The number of hydrogen-bond donors (Lipinski definition) is 2. The van der Waals surface area contributed by atoms with Gasteiger partial charge in [0.2, 0.25) is 5.90 Å². The predicted octanol–water partition coefficient (Wildman–Crippen LogP) is 3.29. The lowest BCUT2D eigenvalue weighted by Crippen LogP contribution is -2.06. The number of carbonyl (C=O) groups excluding carboxylic acids is 1. The number of carbonyl (C=O) groups is 1. The lowest BCUT2D eigenvalue weighted by atomic mass is 10.2. The predicted molar refractivity (Wildman–Crippen MR) is 64.1 cm³/mol. The molecule has 0 atom stereocenters. The summed E-state index contributed by atoms with van der Waals surface area (Å²) in [7, 11) is 0. The summed E-state index contributed by atoms with van der Waals surface area (Å²) < 4.78 is 5.72. The summed E-state index contributed by atoms with van der Waals surface area (Å²) in [5, 5.41) is 9.74. The molecule has 0 fully saturated rings. The summed E-state index contributed by atoms with van der Waals surface area (Å²) in [6.45, 7) is 0. The van der Waals surface area contributed by atoms with Gasteiger partial charge >= 0.3 is 5.30 Å². The maximum Gasteiger partial charge on any atom is 0.370 e. The zero-order valence-corrected chi connectivity index (χ0v) is 9.27. The fraction of sp³-hybridized carbons (Fsp3) is 0. The van der Waals surface area contributed by atoms with E-state index in [1.165, 1.54) is 0 Å². The zero-order chi connectivity index (χ0) is 10.8. The molecule has 0 aliphatic carbocycles. The van der Waals surface area contributed by atoms with Gasteiger partial charge < -0.3 is 4.74 Å². The van der Waals surface area contributed by atoms with E-state index in [1.807, 2.05) is 23.6 Å². The lowest BCUT2D eigenvalue weighted by molar-refractivity contribution is 0.225. The molecule has 0 aliphatic heterocycles. The van der Waals surface area contributed by atoms with Gasteiger partial charge in [-0.2, -0.15) is 0 Å². The normalized spacial score (nSPS) is 10.2. The molecule has 5 heteroatoms. The molecule has 2 aromatic rings. The number of thiophene rings is 1. The van der Waals surface area contributed by atoms with Crippen LogP contribution in [0.25, 0.3) is 10.1 Å². The molecule has 0 aliphatic rings. The van der Waals surface area contributed by atoms with E-state index in [4.69, 9.17) is 5.41 Å². The van der Waals surface area contributed by atoms with Crippen LogP contribution in [0.15, 0.2) is 29.6 Å². The highest BCUT2D eigenvalue weighted by Crippen LogP contribution is 2.22. The molecule has 0 unspecified atom stereocenters. The van der Waals surface area contributed by atoms with Crippen LogP contribution in [0.5, 0.6) is 0 Å². The average Bonchev–Trinajstić information content (AvgIpc) is 2.62. The Bertz CT molecular complexity index is 533. The van der Waals surface area contributed by atoms with E-state index in [1.54, 1.807) is 17.4 Å². The second-order valence-corrected chi connectivity index (χ2v) is 4.18. The molecule has 2 rings (SSSR count). The Morgan fingerprint density at radius 3 is 2.93 bits per heavy atom. The first-order chi connectivity index (χ1) is 7.16. The van der Waals surface area contributed by atoms with Gasteiger partial charge in [0.25, 0.3) is 0 Å². The van der Waals surface area contributed by atoms with Gasteiger partial charge in [0.15, 0.2) is 0 Å². The third-order valence-electron chi connectivity index (χ3n) is 1.90. The molecule has 1 N–H and O–H groups in total. The van der Waals surface area contributed by atoms with E-state index in [2.05, 4.69) is 17.4 Å². The van der Waals surface area contributed by atoms with Crippen molar-refractivity contribution in [3.05, 3.63) is 35.2 Å². The second-order valence-electron chi connectivity index (χ2n) is 2.87. The number of fused-ring (bicyclic) bond motifs is 1. The number of hydrogen-bond acceptors (Lipinski definition) is 4. The highest BCUT2D eigenvalue weighted by Gasteiger charge is 2.06. The van der Waals surface area contributed by atoms with Gasteiger partial charge in [0.1, 0.15) is 0 Å². The van der Waals surface area contributed by atoms with Crippen molar-refractivity contribution in [3.63, 3.8) is 0 Å². The molecule has 0 radical (unpaired) electrons. The molecule has 0 bridgehead atoms. The Balaban J connectivity index is 2.35. The number of thiol groups is 1. The topological polar surface area (TPSA) is 50.1 Å². The van der Waals surface area contributed by atoms with Crippen LogP contribution < -0.4 is 0 Å². The Morgan fingerprint density at radius 2 is 2.20 bits per heavy atom. The van der Waals surface area contributed by atoms with Crippen LogP contribution >= 0.6 is 24.0 Å². The van der Waals surface area contributed by atoms with Crippen LogP contribution in [0.1, 0.15) is 5.56 Å². The van der Waals surface area contributed by atoms with Crippen LogP contribution in [-0.4, -0.2) is 11.2 Å². The van der Waals surface area contributed by atoms with Crippen molar-refractivity contribution in [3.8, 4) is 0 Å². The first-order valence-corrected chi connectivity index (χ1v) is 5.46. The summed E-state index contributed by atoms with van der Waals surface area (Å²) in [5.41, 5.74) is 0.573. The average molecular weight is 237 g/mol. The minimum absolute atomic E-state index is 0.178. The molecule has 1 aromatic heterocycles. The van der Waals surface area contributed by atoms with E-state index in [9.17, 15) is 4.79 Å². The molecule has 0 spiro atoms. The van der Waals surface area contributed by atoms with Crippen molar-refractivity contribution in [1.29, 1.82) is 5.41 Å². The Kier molecular flexibility index (Phi) is 2.75. The fourth-order valence-corrected chi connectivity index (χ4v) is 2.12. The number of rotatable bonds is 1. The molecule has 1 aromatic carbocycles. The number of ether oxygens (including phenoxy) is 1. The van der Waals surface area contributed by atoms with Crippen molar-refractivity contribution in [1.82, 2.24) is 0 Å². The van der Waals surface area contributed by atoms with E-state index in [0.29, 0.717) is 5.56 Å². The quantitative estimate of drug-likeness (QED) is 0.346. The van der Waals surface area contributed by atoms with Crippen molar-refractivity contribution in [2.75, 3.05) is 0 Å². The Hall–Kier alpha value is -1.33. The van der Waals surface area contributed by atoms with Gasteiger partial charge in [-0.05, 0) is 35.0 Å². The molecule has 76 valence electrons. The zero-order valence-electron chi connectivity index (χ0n) is 7.56. The van der Waals surface area contributed by atoms with Crippen molar-refractivity contribution < 1.29 is 9.53 Å². The molecule has 3 nitrogen and oxygen atoms in total. The second kappa shape index (κ2) is 4.04. The third kappa shape index (κ3) is 2.19. The molecular weight excluding hydrogens is 230 g/mol. The van der Waals surface area contributed by atoms with E-state index >= 15 is 0 Å². The minimum Gasteiger partial charge on any atom is -0.399 e. The maximum absolute atomic E-state index is 10.5. The standard InChI is InChI=1S/C10H7NO2S2/c11-9(13-10(12)14)7-1-2-8-6(5-7)3-4-15-8/h1-5,11H,(H,12,14). The molecular formula is C10H7NO2S2. The van der Waals surface area contributed by atoms with Crippen LogP contribution in [0.3, 0.4) is 0 Å². The molecule has 0 saturated carbocycles. The van der Waals surface area contributed by atoms with Gasteiger partial charge in [0, 0.05) is 10.3 Å². The third-order valence-corrected chi connectivity index (χ3v) is 2.89. The van der Waals surface area contributed by atoms with Crippen LogP contribution in [0, 0.1) is 5.41 Å². The first kappa shape index (κ1) is 10.2. The largest absolute Gasteiger partial charge is 0.399 e. The molecule has 15 heavy (non-hydrogen) atoms. The number of nitrogens with one attached hydrogen (secondary N) is 1. The van der Waals surface area contributed by atoms with E-state index < -0.39 is 5.30 Å². The van der Waals surface area contributed by atoms with Gasteiger partial charge in [-0.25, -0.2) is 4.79 Å². The summed E-state index contributed by atoms with van der Waals surface area (Å²) in [6, 6.07) is 7.41. The lowest BCUT2D eigenvalue weighted by Gasteiger charge is -2.02. The summed E-state index contributed by atoms with van der Waals surface area (Å²) in [4.78, 5) is 10.5.